The van der Waals surface area contributed by atoms with E-state index in [2.05, 4.69) is 15.5 Å². The number of thioether (sulfide) groups is 1. The normalized spacial score (nSPS) is 12.1. The highest BCUT2D eigenvalue weighted by Gasteiger charge is 2.22. The van der Waals surface area contributed by atoms with Gasteiger partial charge in [0.05, 0.1) is 10.1 Å². The Kier molecular flexibility index (Phi) is 5.00. The number of hydrogen-bond donors (Lipinski definition) is 2. The number of rotatable bonds is 5. The Morgan fingerprint density at radius 2 is 2.00 bits per heavy atom. The number of thiophene rings is 1. The molecule has 2 aromatic heterocycles. The van der Waals surface area contributed by atoms with Gasteiger partial charge in [0, 0.05) is 0 Å². The molecule has 1 unspecified atom stereocenters. The molecule has 2 heterocycles. The maximum atomic E-state index is 13.6. The molecule has 0 fully saturated rings. The number of nitrogen functional groups attached to an aromatic ring is 1. The summed E-state index contributed by atoms with van der Waals surface area (Å²) in [6.45, 7) is 1.58. The minimum absolute atomic E-state index is 0.319. The Balaban J connectivity index is 1.72. The number of nitrogens with two attached hydrogens (primary N) is 1. The van der Waals surface area contributed by atoms with Gasteiger partial charge in [-0.3, -0.25) is 4.79 Å². The molecule has 3 rings (SSSR count). The van der Waals surface area contributed by atoms with Crippen LogP contribution in [0.3, 0.4) is 0 Å². The summed E-state index contributed by atoms with van der Waals surface area (Å²) in [7, 11) is 0. The van der Waals surface area contributed by atoms with Crippen LogP contribution in [0.1, 0.15) is 6.92 Å². The fourth-order valence-electron chi connectivity index (χ4n) is 1.98. The van der Waals surface area contributed by atoms with Crippen LogP contribution in [0.4, 0.5) is 14.5 Å². The van der Waals surface area contributed by atoms with Crippen LogP contribution in [0.15, 0.2) is 40.9 Å². The number of para-hydroxylation sites is 1. The molecule has 25 heavy (non-hydrogen) atoms. The molecular weight excluding hydrogens is 368 g/mol. The second-order valence-corrected chi connectivity index (χ2v) is 7.26. The molecule has 0 aliphatic rings. The predicted molar refractivity (Wildman–Crippen MR) is 93.8 cm³/mol. The highest BCUT2D eigenvalue weighted by atomic mass is 32.2. The van der Waals surface area contributed by atoms with Gasteiger partial charge in [0.25, 0.3) is 0 Å². The highest BCUT2D eigenvalue weighted by molar-refractivity contribution is 8.00. The zero-order valence-electron chi connectivity index (χ0n) is 12.9. The Bertz CT molecular complexity index is 877. The fourth-order valence-corrected chi connectivity index (χ4v) is 3.46. The maximum Gasteiger partial charge on any atom is 0.237 e. The van der Waals surface area contributed by atoms with Crippen molar-refractivity contribution < 1.29 is 13.6 Å². The average molecular weight is 381 g/mol. The van der Waals surface area contributed by atoms with Gasteiger partial charge in [-0.15, -0.1) is 21.5 Å². The third-order valence-electron chi connectivity index (χ3n) is 3.27. The smallest absolute Gasteiger partial charge is 0.237 e. The molecular formula is C15H13F2N5OS2. The number of hydrogen-bond acceptors (Lipinski definition) is 6. The van der Waals surface area contributed by atoms with E-state index < -0.39 is 28.5 Å². The van der Waals surface area contributed by atoms with Crippen LogP contribution in [0.5, 0.6) is 0 Å². The molecule has 1 amide bonds. The summed E-state index contributed by atoms with van der Waals surface area (Å²) in [6, 6.07) is 7.08. The van der Waals surface area contributed by atoms with E-state index in [1.807, 2.05) is 17.5 Å². The second kappa shape index (κ2) is 7.19. The Morgan fingerprint density at radius 1 is 1.28 bits per heavy atom. The monoisotopic (exact) mass is 381 g/mol. The molecule has 0 saturated heterocycles. The van der Waals surface area contributed by atoms with Crippen molar-refractivity contribution in [2.45, 2.75) is 17.3 Å². The lowest BCUT2D eigenvalue weighted by Crippen LogP contribution is -2.24. The van der Waals surface area contributed by atoms with Crippen molar-refractivity contribution in [1.29, 1.82) is 0 Å². The SMILES string of the molecule is CC(Sc1nnc(-c2cccs2)n1N)C(=O)Nc1c(F)cccc1F. The number of aromatic nitrogens is 3. The van der Waals surface area contributed by atoms with Gasteiger partial charge in [0.1, 0.15) is 17.3 Å². The standard InChI is InChI=1S/C15H13F2N5OS2/c1-8(14(23)19-12-9(16)4-2-5-10(12)17)25-15-21-20-13(22(15)18)11-6-3-7-24-11/h2-8H,18H2,1H3,(H,19,23). The molecule has 6 nitrogen and oxygen atoms in total. The molecule has 3 N–H and O–H groups in total. The number of benzene rings is 1. The third-order valence-corrected chi connectivity index (χ3v) is 5.19. The van der Waals surface area contributed by atoms with Crippen LogP contribution in [-0.4, -0.2) is 26.0 Å². The molecule has 0 aliphatic carbocycles. The first-order valence-electron chi connectivity index (χ1n) is 7.13. The van der Waals surface area contributed by atoms with Crippen LogP contribution < -0.4 is 11.2 Å². The van der Waals surface area contributed by atoms with E-state index in [-0.39, 0.29) is 0 Å². The summed E-state index contributed by atoms with van der Waals surface area (Å²) in [4.78, 5) is 13.0. The van der Waals surface area contributed by atoms with Crippen molar-refractivity contribution in [3.63, 3.8) is 0 Å². The molecule has 0 radical (unpaired) electrons. The zero-order valence-corrected chi connectivity index (χ0v) is 14.6. The first-order valence-corrected chi connectivity index (χ1v) is 8.89. The topological polar surface area (TPSA) is 85.8 Å². The predicted octanol–water partition coefficient (Wildman–Crippen LogP) is 3.12. The minimum atomic E-state index is -0.840. The van der Waals surface area contributed by atoms with Gasteiger partial charge in [0.2, 0.25) is 11.1 Å². The highest BCUT2D eigenvalue weighted by Crippen LogP contribution is 2.28. The Hall–Kier alpha value is -2.46. The van der Waals surface area contributed by atoms with E-state index in [0.29, 0.717) is 11.0 Å². The van der Waals surface area contributed by atoms with Crippen LogP contribution >= 0.6 is 23.1 Å². The number of carbonyl (C=O) groups is 1. The molecule has 130 valence electrons. The molecule has 3 aromatic rings. The van der Waals surface area contributed by atoms with Crippen molar-refractivity contribution in [2.75, 3.05) is 11.2 Å². The summed E-state index contributed by atoms with van der Waals surface area (Å²) in [5, 5.41) is 11.7. The van der Waals surface area contributed by atoms with E-state index >= 15 is 0 Å². The fraction of sp³-hybridized carbons (Fsp3) is 0.133. The number of amides is 1. The Labute approximate surface area is 150 Å². The average Bonchev–Trinajstić information content (AvgIpc) is 3.21. The molecule has 1 aromatic carbocycles. The van der Waals surface area contributed by atoms with Gasteiger partial charge in [-0.2, -0.15) is 0 Å². The first kappa shape index (κ1) is 17.4. The van der Waals surface area contributed by atoms with E-state index in [1.54, 1.807) is 6.92 Å². The molecule has 0 spiro atoms. The van der Waals surface area contributed by atoms with Crippen molar-refractivity contribution >= 4 is 34.7 Å². The van der Waals surface area contributed by atoms with Gasteiger partial charge in [-0.25, -0.2) is 13.5 Å². The number of carbonyl (C=O) groups excluding carboxylic acids is 1. The molecule has 0 saturated carbocycles. The van der Waals surface area contributed by atoms with Crippen molar-refractivity contribution in [1.82, 2.24) is 14.9 Å². The van der Waals surface area contributed by atoms with Gasteiger partial charge in [-0.05, 0) is 30.5 Å². The number of nitrogens with zero attached hydrogens (tertiary/aromatic N) is 3. The lowest BCUT2D eigenvalue weighted by molar-refractivity contribution is -0.115. The molecule has 0 bridgehead atoms. The summed E-state index contributed by atoms with van der Waals surface area (Å²) < 4.78 is 28.5. The summed E-state index contributed by atoms with van der Waals surface area (Å²) >= 11 is 2.50. The van der Waals surface area contributed by atoms with Gasteiger partial charge in [0.15, 0.2) is 5.82 Å². The maximum absolute atomic E-state index is 13.6. The van der Waals surface area contributed by atoms with Crippen LogP contribution in [0, 0.1) is 11.6 Å². The third kappa shape index (κ3) is 3.64. The lowest BCUT2D eigenvalue weighted by atomic mass is 10.3. The van der Waals surface area contributed by atoms with Crippen molar-refractivity contribution in [3.8, 4) is 10.7 Å². The van der Waals surface area contributed by atoms with Gasteiger partial charge < -0.3 is 11.2 Å². The van der Waals surface area contributed by atoms with Crippen LogP contribution in [0.25, 0.3) is 10.7 Å². The van der Waals surface area contributed by atoms with Crippen LogP contribution in [-0.2, 0) is 4.79 Å². The lowest BCUT2D eigenvalue weighted by Gasteiger charge is -2.12. The second-order valence-electron chi connectivity index (χ2n) is 5.00. The summed E-state index contributed by atoms with van der Waals surface area (Å²) in [5.74, 6) is 4.19. The minimum Gasteiger partial charge on any atom is -0.335 e. The molecule has 0 aliphatic heterocycles. The number of nitrogens with one attached hydrogen (secondary N) is 1. The first-order chi connectivity index (χ1) is 12.0. The van der Waals surface area contributed by atoms with Crippen LogP contribution in [0.2, 0.25) is 0 Å². The number of anilines is 1. The summed E-state index contributed by atoms with van der Waals surface area (Å²) in [6.07, 6.45) is 0. The van der Waals surface area contributed by atoms with E-state index in [4.69, 9.17) is 5.84 Å². The number of halogens is 2. The zero-order chi connectivity index (χ0) is 18.0. The van der Waals surface area contributed by atoms with E-state index in [9.17, 15) is 13.6 Å². The van der Waals surface area contributed by atoms with Crippen molar-refractivity contribution in [2.24, 2.45) is 0 Å². The summed E-state index contributed by atoms with van der Waals surface area (Å²) in [5.41, 5.74) is -0.478. The molecule has 1 atom stereocenters. The Morgan fingerprint density at radius 3 is 2.64 bits per heavy atom. The quantitative estimate of drug-likeness (QED) is 0.524. The molecule has 10 heteroatoms. The van der Waals surface area contributed by atoms with Crippen molar-refractivity contribution in [3.05, 3.63) is 47.3 Å². The van der Waals surface area contributed by atoms with E-state index in [1.165, 1.54) is 22.1 Å². The van der Waals surface area contributed by atoms with Gasteiger partial charge in [-0.1, -0.05) is 23.9 Å². The van der Waals surface area contributed by atoms with E-state index in [0.717, 1.165) is 28.8 Å². The largest absolute Gasteiger partial charge is 0.335 e. The van der Waals surface area contributed by atoms with Gasteiger partial charge >= 0.3 is 0 Å².